The van der Waals surface area contributed by atoms with Gasteiger partial charge in [-0.2, -0.15) is 0 Å². The van der Waals surface area contributed by atoms with Crippen molar-refractivity contribution in [3.8, 4) is 22.1 Å². The molecule has 1 N–H and O–H groups in total. The first-order valence-electron chi connectivity index (χ1n) is 9.60. The highest BCUT2D eigenvalue weighted by Gasteiger charge is 2.58. The Kier molecular flexibility index (Phi) is 6.45. The van der Waals surface area contributed by atoms with E-state index in [-0.39, 0.29) is 18.1 Å². The van der Waals surface area contributed by atoms with Crippen LogP contribution in [-0.2, 0) is 20.1 Å². The van der Waals surface area contributed by atoms with Crippen molar-refractivity contribution in [3.05, 3.63) is 57.5 Å². The van der Waals surface area contributed by atoms with Crippen LogP contribution in [0.5, 0.6) is 11.5 Å². The minimum absolute atomic E-state index is 0.00841. The number of aliphatic carboxylic acids is 1. The van der Waals surface area contributed by atoms with E-state index in [9.17, 15) is 14.7 Å². The molecule has 7 nitrogen and oxygen atoms in total. The van der Waals surface area contributed by atoms with Crippen LogP contribution in [0, 0.1) is 6.92 Å². The Hall–Kier alpha value is -2.56. The molecule has 0 spiro atoms. The van der Waals surface area contributed by atoms with Crippen LogP contribution in [0.4, 0.5) is 0 Å². The number of ether oxygens (including phenoxy) is 3. The Labute approximate surface area is 200 Å². The summed E-state index contributed by atoms with van der Waals surface area (Å²) in [6, 6.07) is 13.1. The molecule has 10 heteroatoms. The van der Waals surface area contributed by atoms with Crippen molar-refractivity contribution >= 4 is 51.0 Å². The quantitative estimate of drug-likeness (QED) is 0.247. The summed E-state index contributed by atoms with van der Waals surface area (Å²) in [5, 5.41) is 10.5. The van der Waals surface area contributed by atoms with E-state index in [1.165, 1.54) is 0 Å². The van der Waals surface area contributed by atoms with Crippen molar-refractivity contribution in [1.29, 1.82) is 0 Å². The maximum atomic E-state index is 12.2. The van der Waals surface area contributed by atoms with E-state index in [0.717, 1.165) is 30.5 Å². The minimum atomic E-state index is -2.52. The zero-order valence-corrected chi connectivity index (χ0v) is 20.3. The fourth-order valence-corrected chi connectivity index (χ4v) is 5.38. The number of carboxylic acids is 1. The number of benzene rings is 2. The number of carbonyl (C=O) groups excluding carboxylic acids is 1. The molecule has 0 saturated heterocycles. The lowest BCUT2D eigenvalue weighted by Crippen LogP contribution is -2.55. The second kappa shape index (κ2) is 9.13. The number of thioether (sulfide) groups is 1. The van der Waals surface area contributed by atoms with Gasteiger partial charge >= 0.3 is 17.7 Å². The van der Waals surface area contributed by atoms with Crippen molar-refractivity contribution in [3.63, 3.8) is 0 Å². The average molecular weight is 536 g/mol. The van der Waals surface area contributed by atoms with E-state index in [4.69, 9.17) is 14.2 Å². The van der Waals surface area contributed by atoms with Crippen LogP contribution < -0.4 is 9.47 Å². The molecule has 0 saturated carbocycles. The number of thiazole rings is 1. The van der Waals surface area contributed by atoms with Crippen molar-refractivity contribution < 1.29 is 28.9 Å². The second-order valence-electron chi connectivity index (χ2n) is 6.78. The van der Waals surface area contributed by atoms with Gasteiger partial charge in [-0.3, -0.25) is 0 Å². The average Bonchev–Trinajstić information content (AvgIpc) is 3.34. The Morgan fingerprint density at radius 3 is 2.59 bits per heavy atom. The maximum Gasteiger partial charge on any atom is 0.453 e. The third-order valence-electron chi connectivity index (χ3n) is 4.60. The fraction of sp³-hybridized carbons (Fsp3) is 0.227. The lowest BCUT2D eigenvalue weighted by molar-refractivity contribution is -0.198. The Morgan fingerprint density at radius 2 is 1.91 bits per heavy atom. The molecule has 1 atom stereocenters. The summed E-state index contributed by atoms with van der Waals surface area (Å²) < 4.78 is 16.6. The predicted octanol–water partition coefficient (Wildman–Crippen LogP) is 5.29. The minimum Gasteiger partial charge on any atom is -0.475 e. The van der Waals surface area contributed by atoms with E-state index in [0.29, 0.717) is 5.75 Å². The number of aromatic nitrogens is 1. The molecule has 166 valence electrons. The number of carbonyl (C=O) groups is 2. The number of nitrogens with zero attached hydrogens (tertiary/aromatic N) is 1. The summed E-state index contributed by atoms with van der Waals surface area (Å²) in [6.45, 7) is 3.57. The number of carboxylic acid groups (broad SMARTS) is 1. The Balaban J connectivity index is 1.49. The van der Waals surface area contributed by atoms with Gasteiger partial charge in [-0.25, -0.2) is 14.6 Å². The van der Waals surface area contributed by atoms with Gasteiger partial charge in [-0.05, 0) is 44.2 Å². The number of halogens is 1. The van der Waals surface area contributed by atoms with Gasteiger partial charge in [0, 0.05) is 25.6 Å². The summed E-state index contributed by atoms with van der Waals surface area (Å²) in [5.41, 5.74) is 2.03. The highest BCUT2D eigenvalue weighted by atomic mass is 79.9. The van der Waals surface area contributed by atoms with Gasteiger partial charge in [0.15, 0.2) is 11.5 Å². The molecule has 0 bridgehead atoms. The third-order valence-corrected chi connectivity index (χ3v) is 7.54. The highest BCUT2D eigenvalue weighted by molar-refractivity contribution is 9.10. The maximum absolute atomic E-state index is 12.2. The predicted molar refractivity (Wildman–Crippen MR) is 124 cm³/mol. The third kappa shape index (κ3) is 4.35. The molecule has 0 fully saturated rings. The zero-order chi connectivity index (χ0) is 22.9. The molecule has 32 heavy (non-hydrogen) atoms. The van der Waals surface area contributed by atoms with E-state index >= 15 is 0 Å². The monoisotopic (exact) mass is 535 g/mol. The number of esters is 1. The highest BCUT2D eigenvalue weighted by Crippen LogP contribution is 2.43. The summed E-state index contributed by atoms with van der Waals surface area (Å²) in [6.07, 6.45) is 0. The van der Waals surface area contributed by atoms with Gasteiger partial charge in [-0.1, -0.05) is 28.1 Å². The normalized spacial score (nSPS) is 16.7. The molecule has 0 amide bonds. The summed E-state index contributed by atoms with van der Waals surface area (Å²) in [7, 11) is 0. The summed E-state index contributed by atoms with van der Waals surface area (Å²) >= 11 is 6.63. The lowest BCUT2D eigenvalue weighted by atomic mass is 10.2. The molecule has 2 heterocycles. The van der Waals surface area contributed by atoms with E-state index in [1.807, 2.05) is 31.2 Å². The number of hydrogen-bond donors (Lipinski definition) is 1. The van der Waals surface area contributed by atoms with Crippen LogP contribution >= 0.6 is 39.0 Å². The number of rotatable bonds is 7. The molecule has 1 aromatic heterocycles. The van der Waals surface area contributed by atoms with Gasteiger partial charge in [-0.15, -0.1) is 23.1 Å². The first kappa shape index (κ1) is 22.6. The SMILES string of the molecule is CCOC(=O)C1(C(=O)O)Oc2ccc(SCc3sc(-c4ccc(Br)cc4)nc3C)cc2O1. The molecule has 0 radical (unpaired) electrons. The van der Waals surface area contributed by atoms with Gasteiger partial charge in [0.2, 0.25) is 0 Å². The Morgan fingerprint density at radius 1 is 1.19 bits per heavy atom. The molecule has 1 aliphatic heterocycles. The van der Waals surface area contributed by atoms with Crippen LogP contribution in [0.1, 0.15) is 17.5 Å². The van der Waals surface area contributed by atoms with Crippen LogP contribution in [0.15, 0.2) is 51.8 Å². The second-order valence-corrected chi connectivity index (χ2v) is 9.83. The van der Waals surface area contributed by atoms with Crippen molar-refractivity contribution in [2.75, 3.05) is 6.61 Å². The molecular formula is C22H18BrNO6S2. The van der Waals surface area contributed by atoms with Gasteiger partial charge in [0.25, 0.3) is 0 Å². The van der Waals surface area contributed by atoms with Crippen LogP contribution in [-0.4, -0.2) is 34.4 Å². The Bertz CT molecular complexity index is 1180. The number of aryl methyl sites for hydroxylation is 1. The molecular weight excluding hydrogens is 518 g/mol. The van der Waals surface area contributed by atoms with E-state index < -0.39 is 17.7 Å². The van der Waals surface area contributed by atoms with E-state index in [1.54, 1.807) is 48.2 Å². The van der Waals surface area contributed by atoms with Gasteiger partial charge in [0.1, 0.15) is 5.01 Å². The van der Waals surface area contributed by atoms with Crippen LogP contribution in [0.3, 0.4) is 0 Å². The fourth-order valence-electron chi connectivity index (χ4n) is 2.98. The first-order valence-corrected chi connectivity index (χ1v) is 12.2. The smallest absolute Gasteiger partial charge is 0.453 e. The van der Waals surface area contributed by atoms with Gasteiger partial charge < -0.3 is 19.3 Å². The van der Waals surface area contributed by atoms with Crippen LogP contribution in [0.2, 0.25) is 0 Å². The number of fused-ring (bicyclic) bond motifs is 1. The van der Waals surface area contributed by atoms with Crippen molar-refractivity contribution in [2.45, 2.75) is 30.3 Å². The molecule has 2 aromatic carbocycles. The number of hydrogen-bond acceptors (Lipinski definition) is 8. The largest absolute Gasteiger partial charge is 0.475 e. The first-order chi connectivity index (χ1) is 15.3. The van der Waals surface area contributed by atoms with Crippen molar-refractivity contribution in [1.82, 2.24) is 4.98 Å². The van der Waals surface area contributed by atoms with Gasteiger partial charge in [0.05, 0.1) is 12.3 Å². The molecule has 1 unspecified atom stereocenters. The molecule has 3 aromatic rings. The van der Waals surface area contributed by atoms with Crippen molar-refractivity contribution in [2.24, 2.45) is 0 Å². The topological polar surface area (TPSA) is 95.0 Å². The zero-order valence-electron chi connectivity index (χ0n) is 17.1. The molecule has 0 aliphatic carbocycles. The lowest BCUT2D eigenvalue weighted by Gasteiger charge is -2.19. The summed E-state index contributed by atoms with van der Waals surface area (Å²) in [4.78, 5) is 30.6. The van der Waals surface area contributed by atoms with E-state index in [2.05, 4.69) is 20.9 Å². The molecule has 1 aliphatic rings. The van der Waals surface area contributed by atoms with Crippen LogP contribution in [0.25, 0.3) is 10.6 Å². The standard InChI is InChI=1S/C22H18BrNO6S2/c1-3-28-21(27)22(20(25)26)29-16-9-8-15(10-17(16)30-22)31-11-18-12(2)24-19(32-18)13-4-6-14(23)7-5-13/h4-10H,3,11H2,1-2H3,(H,25,26). The summed E-state index contributed by atoms with van der Waals surface area (Å²) in [5.74, 6) is -4.14. The molecule has 4 rings (SSSR count).